The van der Waals surface area contributed by atoms with Gasteiger partial charge in [0.2, 0.25) is 0 Å². The van der Waals surface area contributed by atoms with E-state index in [4.69, 9.17) is 0 Å². The summed E-state index contributed by atoms with van der Waals surface area (Å²) in [5.41, 5.74) is -1.73. The third kappa shape index (κ3) is 4.08. The van der Waals surface area contributed by atoms with E-state index in [2.05, 4.69) is 5.32 Å². The summed E-state index contributed by atoms with van der Waals surface area (Å²) >= 11 is 0. The minimum absolute atomic E-state index is 0.171. The third-order valence-corrected chi connectivity index (χ3v) is 4.52. The topological polar surface area (TPSA) is 71.4 Å². The summed E-state index contributed by atoms with van der Waals surface area (Å²) in [5.74, 6) is -1.13. The highest BCUT2D eigenvalue weighted by Gasteiger charge is 2.31. The Hall–Kier alpha value is -3.10. The number of pyridine rings is 1. The number of halogens is 3. The minimum Gasteiger partial charge on any atom is -0.339 e. The second kappa shape index (κ2) is 7.49. The van der Waals surface area contributed by atoms with Crippen LogP contribution >= 0.6 is 0 Å². The van der Waals surface area contributed by atoms with E-state index in [1.54, 1.807) is 4.90 Å². The molecule has 1 N–H and O–H groups in total. The van der Waals surface area contributed by atoms with Crippen LogP contribution in [0.2, 0.25) is 0 Å². The maximum Gasteiger partial charge on any atom is 0.416 e. The summed E-state index contributed by atoms with van der Waals surface area (Å²) in [5, 5.41) is 2.32. The number of amides is 2. The van der Waals surface area contributed by atoms with Gasteiger partial charge in [0.25, 0.3) is 17.4 Å². The molecule has 0 radical (unpaired) electrons. The van der Waals surface area contributed by atoms with Crippen molar-refractivity contribution in [3.8, 4) is 0 Å². The summed E-state index contributed by atoms with van der Waals surface area (Å²) in [7, 11) is 1.43. The van der Waals surface area contributed by atoms with Crippen molar-refractivity contribution in [2.24, 2.45) is 7.05 Å². The number of nitrogens with zero attached hydrogens (tertiary/aromatic N) is 2. The summed E-state index contributed by atoms with van der Waals surface area (Å²) in [6.45, 7) is 1.24. The lowest BCUT2D eigenvalue weighted by atomic mass is 10.1. The maximum atomic E-state index is 12.8. The number of carbonyl (C=O) groups is 2. The Bertz CT molecular complexity index is 976. The van der Waals surface area contributed by atoms with Gasteiger partial charge in [0, 0.05) is 31.9 Å². The van der Waals surface area contributed by atoms with Crippen molar-refractivity contribution in [1.82, 2.24) is 9.47 Å². The lowest BCUT2D eigenvalue weighted by Crippen LogP contribution is -2.31. The van der Waals surface area contributed by atoms with Crippen LogP contribution in [0.3, 0.4) is 0 Å². The van der Waals surface area contributed by atoms with Crippen molar-refractivity contribution in [3.05, 3.63) is 63.6 Å². The molecule has 0 aliphatic carbocycles. The molecule has 2 heterocycles. The average molecular weight is 393 g/mol. The molecule has 0 bridgehead atoms. The van der Waals surface area contributed by atoms with Gasteiger partial charge in [-0.3, -0.25) is 14.4 Å². The van der Waals surface area contributed by atoms with Gasteiger partial charge in [0.15, 0.2) is 0 Å². The van der Waals surface area contributed by atoms with E-state index in [9.17, 15) is 27.6 Å². The highest BCUT2D eigenvalue weighted by atomic mass is 19.4. The number of hydrogen-bond donors (Lipinski definition) is 1. The molecule has 1 aromatic carbocycles. The number of rotatable bonds is 3. The van der Waals surface area contributed by atoms with Crippen LogP contribution in [-0.4, -0.2) is 34.4 Å². The standard InChI is InChI=1S/C19H18F3N3O3/c1-24-11-13(17(27)25-7-2-3-8-25)10-15(18(24)28)23-16(26)12-5-4-6-14(9-12)19(20,21)22/h4-6,9-11H,2-3,7-8H2,1H3,(H,23,26). The van der Waals surface area contributed by atoms with Gasteiger partial charge < -0.3 is 14.8 Å². The molecule has 9 heteroatoms. The molecule has 2 amide bonds. The molecule has 1 saturated heterocycles. The summed E-state index contributed by atoms with van der Waals surface area (Å²) in [6, 6.07) is 5.15. The Morgan fingerprint density at radius 2 is 1.75 bits per heavy atom. The Balaban J connectivity index is 1.88. The van der Waals surface area contributed by atoms with Gasteiger partial charge in [-0.1, -0.05) is 6.07 Å². The monoisotopic (exact) mass is 393 g/mol. The van der Waals surface area contributed by atoms with E-state index >= 15 is 0 Å². The van der Waals surface area contributed by atoms with Crippen LogP contribution < -0.4 is 10.9 Å². The minimum atomic E-state index is -4.59. The number of nitrogens with one attached hydrogen (secondary N) is 1. The molecule has 1 aromatic heterocycles. The highest BCUT2D eigenvalue weighted by Crippen LogP contribution is 2.29. The quantitative estimate of drug-likeness (QED) is 0.872. The van der Waals surface area contributed by atoms with Crippen LogP contribution in [0.25, 0.3) is 0 Å². The van der Waals surface area contributed by atoms with Crippen molar-refractivity contribution in [2.75, 3.05) is 18.4 Å². The number of carbonyl (C=O) groups excluding carboxylic acids is 2. The zero-order valence-corrected chi connectivity index (χ0v) is 15.0. The number of aryl methyl sites for hydroxylation is 1. The van der Waals surface area contributed by atoms with Crippen molar-refractivity contribution in [1.29, 1.82) is 0 Å². The number of alkyl halides is 3. The Kier molecular flexibility index (Phi) is 5.26. The van der Waals surface area contributed by atoms with Gasteiger partial charge in [-0.25, -0.2) is 0 Å². The molecule has 1 aliphatic rings. The van der Waals surface area contributed by atoms with Crippen LogP contribution in [0.15, 0.2) is 41.3 Å². The van der Waals surface area contributed by atoms with Crippen LogP contribution in [0.5, 0.6) is 0 Å². The van der Waals surface area contributed by atoms with Gasteiger partial charge in [0.05, 0.1) is 11.1 Å². The van der Waals surface area contributed by atoms with Crippen LogP contribution in [0.4, 0.5) is 18.9 Å². The summed E-state index contributed by atoms with van der Waals surface area (Å²) < 4.78 is 39.7. The fourth-order valence-corrected chi connectivity index (χ4v) is 3.05. The first kappa shape index (κ1) is 19.7. The predicted molar refractivity (Wildman–Crippen MR) is 96.2 cm³/mol. The fraction of sp³-hybridized carbons (Fsp3) is 0.316. The number of aromatic nitrogens is 1. The van der Waals surface area contributed by atoms with Crippen molar-refractivity contribution < 1.29 is 22.8 Å². The highest BCUT2D eigenvalue weighted by molar-refractivity contribution is 6.05. The van der Waals surface area contributed by atoms with E-state index in [1.807, 2.05) is 0 Å². The normalized spacial score (nSPS) is 14.2. The fourth-order valence-electron chi connectivity index (χ4n) is 3.05. The smallest absolute Gasteiger partial charge is 0.339 e. The van der Waals surface area contributed by atoms with Crippen LogP contribution in [-0.2, 0) is 13.2 Å². The molecular weight excluding hydrogens is 375 g/mol. The third-order valence-electron chi connectivity index (χ3n) is 4.52. The Morgan fingerprint density at radius 3 is 2.39 bits per heavy atom. The lowest BCUT2D eigenvalue weighted by molar-refractivity contribution is -0.137. The zero-order valence-electron chi connectivity index (χ0n) is 15.0. The number of benzene rings is 1. The predicted octanol–water partition coefficient (Wildman–Crippen LogP) is 2.89. The molecule has 2 aromatic rings. The largest absolute Gasteiger partial charge is 0.416 e. The van der Waals surface area contributed by atoms with Gasteiger partial charge in [-0.2, -0.15) is 13.2 Å². The lowest BCUT2D eigenvalue weighted by Gasteiger charge is -2.16. The van der Waals surface area contributed by atoms with Crippen molar-refractivity contribution in [3.63, 3.8) is 0 Å². The second-order valence-electron chi connectivity index (χ2n) is 6.59. The molecule has 3 rings (SSSR count). The van der Waals surface area contributed by atoms with Gasteiger partial charge in [-0.05, 0) is 37.1 Å². The molecular formula is C19H18F3N3O3. The van der Waals surface area contributed by atoms with E-state index in [-0.39, 0.29) is 22.7 Å². The molecule has 1 fully saturated rings. The first-order valence-corrected chi connectivity index (χ1v) is 8.65. The Morgan fingerprint density at radius 1 is 1.07 bits per heavy atom. The van der Waals surface area contributed by atoms with Crippen LogP contribution in [0.1, 0.15) is 39.1 Å². The first-order valence-electron chi connectivity index (χ1n) is 8.65. The second-order valence-corrected chi connectivity index (χ2v) is 6.59. The molecule has 0 unspecified atom stereocenters. The molecule has 148 valence electrons. The molecule has 6 nitrogen and oxygen atoms in total. The number of likely N-dealkylation sites (tertiary alicyclic amines) is 1. The molecule has 0 atom stereocenters. The summed E-state index contributed by atoms with van der Waals surface area (Å²) in [6.07, 6.45) is -1.41. The first-order chi connectivity index (χ1) is 13.2. The van der Waals surface area contributed by atoms with Crippen LogP contribution in [0, 0.1) is 0 Å². The van der Waals surface area contributed by atoms with Crippen molar-refractivity contribution in [2.45, 2.75) is 19.0 Å². The average Bonchev–Trinajstić information content (AvgIpc) is 3.18. The van der Waals surface area contributed by atoms with E-state index in [0.717, 1.165) is 29.5 Å². The zero-order chi connectivity index (χ0) is 20.5. The molecule has 0 saturated carbocycles. The van der Waals surface area contributed by atoms with E-state index in [1.165, 1.54) is 25.4 Å². The molecule has 1 aliphatic heterocycles. The van der Waals surface area contributed by atoms with Gasteiger partial charge in [-0.15, -0.1) is 0 Å². The number of hydrogen-bond acceptors (Lipinski definition) is 3. The van der Waals surface area contributed by atoms with Crippen molar-refractivity contribution >= 4 is 17.5 Å². The maximum absolute atomic E-state index is 12.8. The molecule has 28 heavy (non-hydrogen) atoms. The van der Waals surface area contributed by atoms with Gasteiger partial charge >= 0.3 is 6.18 Å². The van der Waals surface area contributed by atoms with Gasteiger partial charge in [0.1, 0.15) is 5.69 Å². The Labute approximate surface area is 158 Å². The molecule has 0 spiro atoms. The van der Waals surface area contributed by atoms with E-state index < -0.39 is 23.2 Å². The SMILES string of the molecule is Cn1cc(C(=O)N2CCCC2)cc(NC(=O)c2cccc(C(F)(F)F)c2)c1=O. The number of anilines is 1. The van der Waals surface area contributed by atoms with E-state index in [0.29, 0.717) is 19.2 Å². The summed E-state index contributed by atoms with van der Waals surface area (Å²) in [4.78, 5) is 38.9.